The average molecular weight is 288 g/mol. The number of benzene rings is 1. The van der Waals surface area contributed by atoms with E-state index in [0.717, 1.165) is 37.9 Å². The van der Waals surface area contributed by atoms with Gasteiger partial charge in [0.25, 0.3) is 0 Å². The Balaban J connectivity index is 1.86. The lowest BCUT2D eigenvalue weighted by Crippen LogP contribution is -2.40. The number of fused-ring (bicyclic) bond motifs is 1. The molecule has 3 rings (SSSR count). The molecule has 0 atom stereocenters. The first-order chi connectivity index (χ1) is 9.78. The normalized spacial score (nSPS) is 19.9. The molecule has 1 heterocycles. The molecule has 0 radical (unpaired) electrons. The van der Waals surface area contributed by atoms with Crippen molar-refractivity contribution in [3.8, 4) is 0 Å². The first-order valence-corrected chi connectivity index (χ1v) is 7.71. The summed E-state index contributed by atoms with van der Waals surface area (Å²) in [5.41, 5.74) is 9.07. The first kappa shape index (κ1) is 14.4. The summed E-state index contributed by atoms with van der Waals surface area (Å²) >= 11 is 0. The molecule has 1 aromatic rings. The minimum absolute atomic E-state index is 0.122. The predicted octanol–water partition coefficient (Wildman–Crippen LogP) is 3.32. The summed E-state index contributed by atoms with van der Waals surface area (Å²) in [5, 5.41) is 0. The second kappa shape index (κ2) is 4.73. The molecule has 1 amide bonds. The van der Waals surface area contributed by atoms with Crippen molar-refractivity contribution in [2.24, 2.45) is 5.73 Å². The van der Waals surface area contributed by atoms with E-state index in [1.54, 1.807) is 4.90 Å². The summed E-state index contributed by atoms with van der Waals surface area (Å²) in [6.45, 7) is 6.40. The molecular formula is C17H24N2O2. The third kappa shape index (κ3) is 2.91. The van der Waals surface area contributed by atoms with Gasteiger partial charge in [-0.25, -0.2) is 4.79 Å². The Bertz CT molecular complexity index is 571. The van der Waals surface area contributed by atoms with Crippen molar-refractivity contribution in [2.45, 2.75) is 57.6 Å². The summed E-state index contributed by atoms with van der Waals surface area (Å²) in [6.07, 6.45) is 3.82. The van der Waals surface area contributed by atoms with Crippen LogP contribution in [0.5, 0.6) is 0 Å². The van der Waals surface area contributed by atoms with Crippen LogP contribution in [0.15, 0.2) is 18.2 Å². The Labute approximate surface area is 126 Å². The second-order valence-corrected chi connectivity index (χ2v) is 7.24. The van der Waals surface area contributed by atoms with Gasteiger partial charge in [-0.05, 0) is 63.6 Å². The molecule has 1 aliphatic carbocycles. The van der Waals surface area contributed by atoms with Crippen LogP contribution in [-0.2, 0) is 16.7 Å². The van der Waals surface area contributed by atoms with Gasteiger partial charge in [0.15, 0.2) is 0 Å². The largest absolute Gasteiger partial charge is 0.443 e. The average Bonchev–Trinajstić information content (AvgIpc) is 3.15. The standard InChI is InChI=1S/C17H24N2O2/c1-16(2,3)21-15(20)19-10-4-5-12-11-13(6-7-14(12)19)17(18)8-9-17/h6-7,11H,4-5,8-10,18H2,1-3H3. The van der Waals surface area contributed by atoms with Gasteiger partial charge in [-0.2, -0.15) is 0 Å². The third-order valence-electron chi connectivity index (χ3n) is 4.18. The maximum Gasteiger partial charge on any atom is 0.414 e. The molecule has 4 heteroatoms. The summed E-state index contributed by atoms with van der Waals surface area (Å²) in [6, 6.07) is 6.27. The van der Waals surface area contributed by atoms with Crippen LogP contribution in [0.3, 0.4) is 0 Å². The molecular weight excluding hydrogens is 264 g/mol. The summed E-state index contributed by atoms with van der Waals surface area (Å²) < 4.78 is 5.51. The first-order valence-electron chi connectivity index (χ1n) is 7.71. The molecule has 0 unspecified atom stereocenters. The molecule has 2 N–H and O–H groups in total. The van der Waals surface area contributed by atoms with Gasteiger partial charge >= 0.3 is 6.09 Å². The SMILES string of the molecule is CC(C)(C)OC(=O)N1CCCc2cc(C3(N)CC3)ccc21. The van der Waals surface area contributed by atoms with E-state index >= 15 is 0 Å². The zero-order valence-corrected chi connectivity index (χ0v) is 13.1. The topological polar surface area (TPSA) is 55.6 Å². The predicted molar refractivity (Wildman–Crippen MR) is 83.4 cm³/mol. The van der Waals surface area contributed by atoms with E-state index in [9.17, 15) is 4.79 Å². The molecule has 1 fully saturated rings. The number of aryl methyl sites for hydroxylation is 1. The fraction of sp³-hybridized carbons (Fsp3) is 0.588. The number of rotatable bonds is 1. The van der Waals surface area contributed by atoms with E-state index < -0.39 is 5.60 Å². The summed E-state index contributed by atoms with van der Waals surface area (Å²) in [5.74, 6) is 0. The number of anilines is 1. The van der Waals surface area contributed by atoms with E-state index in [-0.39, 0.29) is 11.6 Å². The van der Waals surface area contributed by atoms with Crippen LogP contribution >= 0.6 is 0 Å². The third-order valence-corrected chi connectivity index (χ3v) is 4.18. The van der Waals surface area contributed by atoms with Crippen molar-refractivity contribution in [1.29, 1.82) is 0 Å². The number of hydrogen-bond acceptors (Lipinski definition) is 3. The summed E-state index contributed by atoms with van der Waals surface area (Å²) in [7, 11) is 0. The van der Waals surface area contributed by atoms with E-state index in [1.807, 2.05) is 26.8 Å². The molecule has 1 aliphatic heterocycles. The fourth-order valence-electron chi connectivity index (χ4n) is 2.84. The zero-order chi connectivity index (χ0) is 15.3. The lowest BCUT2D eigenvalue weighted by molar-refractivity contribution is 0.0578. The van der Waals surface area contributed by atoms with Crippen molar-refractivity contribution < 1.29 is 9.53 Å². The Kier molecular flexibility index (Phi) is 3.24. The van der Waals surface area contributed by atoms with Gasteiger partial charge in [-0.3, -0.25) is 4.90 Å². The van der Waals surface area contributed by atoms with Crippen molar-refractivity contribution in [3.63, 3.8) is 0 Å². The smallest absolute Gasteiger partial charge is 0.414 e. The van der Waals surface area contributed by atoms with Crippen molar-refractivity contribution >= 4 is 11.8 Å². The highest BCUT2D eigenvalue weighted by atomic mass is 16.6. The maximum atomic E-state index is 12.3. The van der Waals surface area contributed by atoms with Crippen molar-refractivity contribution in [1.82, 2.24) is 0 Å². The number of hydrogen-bond donors (Lipinski definition) is 1. The molecule has 1 aromatic carbocycles. The van der Waals surface area contributed by atoms with Gasteiger partial charge < -0.3 is 10.5 Å². The van der Waals surface area contributed by atoms with Crippen LogP contribution < -0.4 is 10.6 Å². The zero-order valence-electron chi connectivity index (χ0n) is 13.1. The van der Waals surface area contributed by atoms with E-state index in [2.05, 4.69) is 12.1 Å². The number of nitrogens with two attached hydrogens (primary N) is 1. The molecule has 0 bridgehead atoms. The van der Waals surface area contributed by atoms with Gasteiger partial charge in [0, 0.05) is 12.1 Å². The fourth-order valence-corrected chi connectivity index (χ4v) is 2.84. The quantitative estimate of drug-likeness (QED) is 0.862. The molecule has 0 spiro atoms. The second-order valence-electron chi connectivity index (χ2n) is 7.24. The summed E-state index contributed by atoms with van der Waals surface area (Å²) in [4.78, 5) is 14.1. The number of amides is 1. The van der Waals surface area contributed by atoms with E-state index in [4.69, 9.17) is 10.5 Å². The Morgan fingerprint density at radius 1 is 1.33 bits per heavy atom. The van der Waals surface area contributed by atoms with Crippen molar-refractivity contribution in [2.75, 3.05) is 11.4 Å². The highest BCUT2D eigenvalue weighted by Crippen LogP contribution is 2.44. The van der Waals surface area contributed by atoms with Gasteiger partial charge in [0.05, 0.1) is 5.69 Å². The molecule has 2 aliphatic rings. The van der Waals surface area contributed by atoms with Gasteiger partial charge in [0.1, 0.15) is 5.60 Å². The number of carbonyl (C=O) groups is 1. The lowest BCUT2D eigenvalue weighted by atomic mass is 9.96. The lowest BCUT2D eigenvalue weighted by Gasteiger charge is -2.32. The Morgan fingerprint density at radius 3 is 2.67 bits per heavy atom. The minimum Gasteiger partial charge on any atom is -0.443 e. The molecule has 1 saturated carbocycles. The monoisotopic (exact) mass is 288 g/mol. The number of nitrogens with zero attached hydrogens (tertiary/aromatic N) is 1. The van der Waals surface area contributed by atoms with Gasteiger partial charge in [-0.1, -0.05) is 12.1 Å². The van der Waals surface area contributed by atoms with Crippen LogP contribution in [0.2, 0.25) is 0 Å². The highest BCUT2D eigenvalue weighted by molar-refractivity contribution is 5.89. The van der Waals surface area contributed by atoms with Crippen LogP contribution in [0, 0.1) is 0 Å². The molecule has 21 heavy (non-hydrogen) atoms. The maximum absolute atomic E-state index is 12.3. The highest BCUT2D eigenvalue weighted by Gasteiger charge is 2.40. The van der Waals surface area contributed by atoms with Crippen LogP contribution in [0.1, 0.15) is 51.2 Å². The van der Waals surface area contributed by atoms with E-state index in [0.29, 0.717) is 0 Å². The molecule has 4 nitrogen and oxygen atoms in total. The Hall–Kier alpha value is -1.55. The number of carbonyl (C=O) groups excluding carboxylic acids is 1. The van der Waals surface area contributed by atoms with Gasteiger partial charge in [0.2, 0.25) is 0 Å². The number of ether oxygens (including phenoxy) is 1. The van der Waals surface area contributed by atoms with Crippen LogP contribution in [0.25, 0.3) is 0 Å². The molecule has 0 saturated heterocycles. The van der Waals surface area contributed by atoms with Gasteiger partial charge in [-0.15, -0.1) is 0 Å². The van der Waals surface area contributed by atoms with E-state index in [1.165, 1.54) is 11.1 Å². The van der Waals surface area contributed by atoms with Crippen molar-refractivity contribution in [3.05, 3.63) is 29.3 Å². The minimum atomic E-state index is -0.468. The molecule has 0 aromatic heterocycles. The molecule has 114 valence electrons. The Morgan fingerprint density at radius 2 is 2.05 bits per heavy atom. The van der Waals surface area contributed by atoms with Crippen LogP contribution in [0.4, 0.5) is 10.5 Å². The van der Waals surface area contributed by atoms with Crippen LogP contribution in [-0.4, -0.2) is 18.2 Å².